The van der Waals surface area contributed by atoms with Gasteiger partial charge in [-0.1, -0.05) is 54.1 Å². The number of aryl methyl sites for hydroxylation is 1. The van der Waals surface area contributed by atoms with Crippen LogP contribution >= 0.6 is 11.6 Å². The summed E-state index contributed by atoms with van der Waals surface area (Å²) in [5.41, 5.74) is 5.31. The molecule has 27 heavy (non-hydrogen) atoms. The number of hydrogen-bond acceptors (Lipinski definition) is 3. The lowest BCUT2D eigenvalue weighted by Crippen LogP contribution is -1.97. The summed E-state index contributed by atoms with van der Waals surface area (Å²) in [5.74, 6) is -0.791. The van der Waals surface area contributed by atoms with Gasteiger partial charge in [-0.15, -0.1) is 0 Å². The van der Waals surface area contributed by atoms with Crippen LogP contribution in [0.2, 0.25) is 5.02 Å². The number of carboxylic acids is 1. The zero-order valence-electron chi connectivity index (χ0n) is 14.3. The lowest BCUT2D eigenvalue weighted by Gasteiger charge is -2.07. The van der Waals surface area contributed by atoms with Gasteiger partial charge in [-0.05, 0) is 18.1 Å². The van der Waals surface area contributed by atoms with E-state index in [1.54, 1.807) is 12.4 Å². The Balaban J connectivity index is 1.71. The molecular formula is C21H16ClN3O2. The Morgan fingerprint density at radius 1 is 1.04 bits per heavy atom. The topological polar surface area (TPSA) is 67.5 Å². The van der Waals surface area contributed by atoms with Gasteiger partial charge in [0.1, 0.15) is 0 Å². The molecule has 0 unspecified atom stereocenters. The average molecular weight is 378 g/mol. The Kier molecular flexibility index (Phi) is 4.60. The van der Waals surface area contributed by atoms with Crippen LogP contribution in [0.5, 0.6) is 0 Å². The average Bonchev–Trinajstić information content (AvgIpc) is 3.10. The van der Waals surface area contributed by atoms with Gasteiger partial charge in [0.25, 0.3) is 0 Å². The number of halogens is 1. The summed E-state index contributed by atoms with van der Waals surface area (Å²) in [6.45, 7) is 0. The number of aliphatic carboxylic acids is 1. The van der Waals surface area contributed by atoms with Crippen LogP contribution < -0.4 is 0 Å². The van der Waals surface area contributed by atoms with Gasteiger partial charge in [0, 0.05) is 23.7 Å². The fourth-order valence-corrected chi connectivity index (χ4v) is 3.24. The van der Waals surface area contributed by atoms with E-state index in [4.69, 9.17) is 16.7 Å². The van der Waals surface area contributed by atoms with E-state index in [0.717, 1.165) is 33.7 Å². The van der Waals surface area contributed by atoms with Gasteiger partial charge in [-0.25, -0.2) is 4.98 Å². The highest BCUT2D eigenvalue weighted by molar-refractivity contribution is 6.33. The molecule has 6 heteroatoms. The third kappa shape index (κ3) is 3.55. The Morgan fingerprint density at radius 3 is 2.56 bits per heavy atom. The number of carboxylic acid groups (broad SMARTS) is 1. The summed E-state index contributed by atoms with van der Waals surface area (Å²) < 4.78 is 1.98. The minimum Gasteiger partial charge on any atom is -0.481 e. The summed E-state index contributed by atoms with van der Waals surface area (Å²) in [6.07, 6.45) is 6.10. The molecule has 0 saturated carbocycles. The second kappa shape index (κ2) is 7.21. The molecule has 0 bridgehead atoms. The molecular weight excluding hydrogens is 362 g/mol. The number of benzene rings is 2. The smallest absolute Gasteiger partial charge is 0.303 e. The van der Waals surface area contributed by atoms with Crippen LogP contribution in [-0.2, 0) is 11.2 Å². The SMILES string of the molecule is O=C(O)CCc1ccc(-c2cnc3cnc(-c4ccccc4Cl)cn23)cc1. The van der Waals surface area contributed by atoms with E-state index in [1.165, 1.54) is 0 Å². The molecule has 0 spiro atoms. The van der Waals surface area contributed by atoms with Crippen molar-refractivity contribution < 1.29 is 9.90 Å². The molecule has 1 N–H and O–H groups in total. The van der Waals surface area contributed by atoms with Gasteiger partial charge in [0.05, 0.1) is 28.8 Å². The van der Waals surface area contributed by atoms with Gasteiger partial charge in [-0.2, -0.15) is 0 Å². The molecule has 4 rings (SSSR count). The van der Waals surface area contributed by atoms with E-state index in [1.807, 2.05) is 59.1 Å². The fourth-order valence-electron chi connectivity index (χ4n) is 3.00. The van der Waals surface area contributed by atoms with E-state index in [9.17, 15) is 4.79 Å². The fraction of sp³-hybridized carbons (Fsp3) is 0.0952. The molecule has 0 saturated heterocycles. The van der Waals surface area contributed by atoms with Crippen molar-refractivity contribution in [2.24, 2.45) is 0 Å². The summed E-state index contributed by atoms with van der Waals surface area (Å²) in [4.78, 5) is 19.6. The summed E-state index contributed by atoms with van der Waals surface area (Å²) in [5, 5.41) is 9.46. The van der Waals surface area contributed by atoms with Crippen molar-refractivity contribution in [3.8, 4) is 22.5 Å². The van der Waals surface area contributed by atoms with Gasteiger partial charge in [-0.3, -0.25) is 14.2 Å². The van der Waals surface area contributed by atoms with Crippen molar-refractivity contribution in [1.29, 1.82) is 0 Å². The molecule has 0 atom stereocenters. The first kappa shape index (κ1) is 17.2. The van der Waals surface area contributed by atoms with Gasteiger partial charge >= 0.3 is 5.97 Å². The standard InChI is InChI=1S/C21H16ClN3O2/c22-17-4-2-1-3-16(17)18-13-25-19(11-24-20(25)12-23-18)15-8-5-14(6-9-15)7-10-21(26)27/h1-6,8-9,11-13H,7,10H2,(H,26,27). The number of carbonyl (C=O) groups is 1. The highest BCUT2D eigenvalue weighted by atomic mass is 35.5. The number of imidazole rings is 1. The van der Waals surface area contributed by atoms with E-state index in [0.29, 0.717) is 11.4 Å². The van der Waals surface area contributed by atoms with Crippen LogP contribution in [-0.4, -0.2) is 25.4 Å². The van der Waals surface area contributed by atoms with E-state index in [-0.39, 0.29) is 6.42 Å². The van der Waals surface area contributed by atoms with Crippen molar-refractivity contribution in [1.82, 2.24) is 14.4 Å². The van der Waals surface area contributed by atoms with Gasteiger partial charge in [0.2, 0.25) is 0 Å². The summed E-state index contributed by atoms with van der Waals surface area (Å²) >= 11 is 6.30. The molecule has 4 aromatic rings. The maximum Gasteiger partial charge on any atom is 0.303 e. The minimum atomic E-state index is -0.791. The first-order valence-corrected chi connectivity index (χ1v) is 8.89. The largest absolute Gasteiger partial charge is 0.481 e. The van der Waals surface area contributed by atoms with E-state index in [2.05, 4.69) is 9.97 Å². The number of fused-ring (bicyclic) bond motifs is 1. The van der Waals surface area contributed by atoms with Crippen LogP contribution in [0.3, 0.4) is 0 Å². The van der Waals surface area contributed by atoms with Crippen molar-refractivity contribution in [3.63, 3.8) is 0 Å². The first-order valence-electron chi connectivity index (χ1n) is 8.51. The molecule has 0 aliphatic heterocycles. The molecule has 2 aromatic heterocycles. The highest BCUT2D eigenvalue weighted by Gasteiger charge is 2.10. The third-order valence-corrected chi connectivity index (χ3v) is 4.75. The van der Waals surface area contributed by atoms with Gasteiger partial charge in [0.15, 0.2) is 5.65 Å². The second-order valence-electron chi connectivity index (χ2n) is 6.21. The number of aromatic nitrogens is 3. The first-order chi connectivity index (χ1) is 13.1. The minimum absolute atomic E-state index is 0.127. The third-order valence-electron chi connectivity index (χ3n) is 4.42. The van der Waals surface area contributed by atoms with E-state index >= 15 is 0 Å². The molecule has 5 nitrogen and oxygen atoms in total. The molecule has 2 aromatic carbocycles. The zero-order valence-corrected chi connectivity index (χ0v) is 15.1. The quantitative estimate of drug-likeness (QED) is 0.545. The molecule has 0 radical (unpaired) electrons. The van der Waals surface area contributed by atoms with Crippen LogP contribution in [0.15, 0.2) is 67.1 Å². The summed E-state index contributed by atoms with van der Waals surface area (Å²) in [6, 6.07) is 15.5. The molecule has 134 valence electrons. The number of nitrogens with zero attached hydrogens (tertiary/aromatic N) is 3. The molecule has 0 aliphatic carbocycles. The summed E-state index contributed by atoms with van der Waals surface area (Å²) in [7, 11) is 0. The second-order valence-corrected chi connectivity index (χ2v) is 6.62. The predicted molar refractivity (Wildman–Crippen MR) is 105 cm³/mol. The Morgan fingerprint density at radius 2 is 1.81 bits per heavy atom. The molecule has 0 fully saturated rings. The van der Waals surface area contributed by atoms with Crippen molar-refractivity contribution >= 4 is 23.2 Å². The Bertz CT molecular complexity index is 1120. The van der Waals surface area contributed by atoms with Crippen LogP contribution in [0.4, 0.5) is 0 Å². The Hall–Kier alpha value is -3.18. The maximum absolute atomic E-state index is 10.7. The van der Waals surface area contributed by atoms with Crippen LogP contribution in [0, 0.1) is 0 Å². The van der Waals surface area contributed by atoms with Crippen LogP contribution in [0.1, 0.15) is 12.0 Å². The van der Waals surface area contributed by atoms with E-state index < -0.39 is 5.97 Å². The predicted octanol–water partition coefficient (Wildman–Crippen LogP) is 4.73. The number of hydrogen-bond donors (Lipinski definition) is 1. The lowest BCUT2D eigenvalue weighted by molar-refractivity contribution is -0.136. The highest BCUT2D eigenvalue weighted by Crippen LogP contribution is 2.28. The van der Waals surface area contributed by atoms with Gasteiger partial charge < -0.3 is 5.11 Å². The lowest BCUT2D eigenvalue weighted by atomic mass is 10.1. The number of rotatable bonds is 5. The normalized spacial score (nSPS) is 11.0. The van der Waals surface area contributed by atoms with Crippen molar-refractivity contribution in [2.75, 3.05) is 0 Å². The molecule has 2 heterocycles. The monoisotopic (exact) mass is 377 g/mol. The van der Waals surface area contributed by atoms with Crippen molar-refractivity contribution in [3.05, 3.63) is 77.7 Å². The zero-order chi connectivity index (χ0) is 18.8. The van der Waals surface area contributed by atoms with Crippen LogP contribution in [0.25, 0.3) is 28.2 Å². The maximum atomic E-state index is 10.7. The van der Waals surface area contributed by atoms with Crippen molar-refractivity contribution in [2.45, 2.75) is 12.8 Å². The Labute approximate surface area is 160 Å². The molecule has 0 aliphatic rings. The molecule has 0 amide bonds.